The summed E-state index contributed by atoms with van der Waals surface area (Å²) in [6.45, 7) is 2.12. The highest BCUT2D eigenvalue weighted by molar-refractivity contribution is 5.77. The van der Waals surface area contributed by atoms with Crippen LogP contribution in [0.5, 0.6) is 0 Å². The number of piperidine rings is 2. The molecule has 1 N–H and O–H groups in total. The van der Waals surface area contributed by atoms with Crippen molar-refractivity contribution in [2.75, 3.05) is 13.1 Å². The number of rotatable bonds is 1. The summed E-state index contributed by atoms with van der Waals surface area (Å²) in [6.07, 6.45) is 6.22. The molecule has 1 amide bonds. The van der Waals surface area contributed by atoms with Crippen molar-refractivity contribution in [3.63, 3.8) is 0 Å². The molecule has 0 radical (unpaired) electrons. The Labute approximate surface area is 108 Å². The Kier molecular flexibility index (Phi) is 3.25. The molecule has 0 aromatic rings. The Morgan fingerprint density at radius 2 is 2.17 bits per heavy atom. The lowest BCUT2D eigenvalue weighted by Gasteiger charge is -2.44. The molecule has 4 atom stereocenters. The lowest BCUT2D eigenvalue weighted by molar-refractivity contribution is -0.125. The minimum atomic E-state index is 0.223. The Morgan fingerprint density at radius 3 is 3.00 bits per heavy atom. The van der Waals surface area contributed by atoms with Gasteiger partial charge in [0.15, 0.2) is 0 Å². The third kappa shape index (κ3) is 2.12. The van der Waals surface area contributed by atoms with Gasteiger partial charge in [-0.2, -0.15) is 5.26 Å². The molecule has 2 heterocycles. The maximum Gasteiger partial charge on any atom is 0.220 e. The average Bonchev–Trinajstić information content (AvgIpc) is 2.86. The highest BCUT2D eigenvalue weighted by atomic mass is 16.1. The Bertz CT molecular complexity index is 376. The highest BCUT2D eigenvalue weighted by Crippen LogP contribution is 2.34. The quantitative estimate of drug-likeness (QED) is 0.759. The van der Waals surface area contributed by atoms with Crippen LogP contribution in [0.15, 0.2) is 0 Å². The van der Waals surface area contributed by atoms with Crippen LogP contribution in [0.2, 0.25) is 0 Å². The van der Waals surface area contributed by atoms with Crippen molar-refractivity contribution in [3.8, 4) is 6.07 Å². The van der Waals surface area contributed by atoms with Crippen LogP contribution in [0.25, 0.3) is 0 Å². The summed E-state index contributed by atoms with van der Waals surface area (Å²) in [5.41, 5.74) is 0. The van der Waals surface area contributed by atoms with Gasteiger partial charge in [0.2, 0.25) is 5.91 Å². The van der Waals surface area contributed by atoms with Crippen molar-refractivity contribution in [2.24, 2.45) is 11.8 Å². The topological polar surface area (TPSA) is 56.1 Å². The summed E-state index contributed by atoms with van der Waals surface area (Å²) >= 11 is 0. The minimum absolute atomic E-state index is 0.223. The summed E-state index contributed by atoms with van der Waals surface area (Å²) in [7, 11) is 0. The van der Waals surface area contributed by atoms with E-state index in [2.05, 4.69) is 16.3 Å². The second kappa shape index (κ2) is 4.89. The van der Waals surface area contributed by atoms with Gasteiger partial charge in [0.25, 0.3) is 0 Å². The summed E-state index contributed by atoms with van der Waals surface area (Å²) in [5.74, 6) is 1.07. The fourth-order valence-electron chi connectivity index (χ4n) is 3.97. The highest BCUT2D eigenvalue weighted by Gasteiger charge is 2.39. The molecule has 1 aliphatic carbocycles. The first kappa shape index (κ1) is 12.0. The number of carbonyl (C=O) groups excluding carboxylic acids is 1. The predicted molar refractivity (Wildman–Crippen MR) is 67.6 cm³/mol. The molecule has 0 aromatic heterocycles. The first-order valence-corrected chi connectivity index (χ1v) is 7.21. The van der Waals surface area contributed by atoms with Crippen molar-refractivity contribution in [1.29, 1.82) is 5.26 Å². The molecule has 1 saturated carbocycles. The molecule has 0 spiro atoms. The second-order valence-electron chi connectivity index (χ2n) is 5.99. The SMILES string of the molecule is N#CC1CCCC1N1CCC2NC(=O)CCC2C1. The fourth-order valence-corrected chi connectivity index (χ4v) is 3.97. The maximum absolute atomic E-state index is 11.4. The number of hydrogen-bond donors (Lipinski definition) is 1. The van der Waals surface area contributed by atoms with Crippen molar-refractivity contribution >= 4 is 5.91 Å². The van der Waals surface area contributed by atoms with Crippen LogP contribution in [0, 0.1) is 23.2 Å². The number of hydrogen-bond acceptors (Lipinski definition) is 3. The average molecular weight is 247 g/mol. The molecule has 98 valence electrons. The number of nitriles is 1. The molecule has 3 aliphatic rings. The number of amides is 1. The smallest absolute Gasteiger partial charge is 0.220 e. The third-order valence-corrected chi connectivity index (χ3v) is 4.97. The van der Waals surface area contributed by atoms with Gasteiger partial charge < -0.3 is 5.32 Å². The van der Waals surface area contributed by atoms with Crippen molar-refractivity contribution < 1.29 is 4.79 Å². The molecule has 2 saturated heterocycles. The summed E-state index contributed by atoms with van der Waals surface area (Å²) in [5, 5.41) is 12.3. The molecule has 0 aromatic carbocycles. The van der Waals surface area contributed by atoms with Crippen LogP contribution in [0.3, 0.4) is 0 Å². The van der Waals surface area contributed by atoms with Gasteiger partial charge >= 0.3 is 0 Å². The van der Waals surface area contributed by atoms with Gasteiger partial charge in [-0.15, -0.1) is 0 Å². The molecular weight excluding hydrogens is 226 g/mol. The number of nitrogens with one attached hydrogen (secondary N) is 1. The minimum Gasteiger partial charge on any atom is -0.353 e. The molecule has 2 aliphatic heterocycles. The van der Waals surface area contributed by atoms with Crippen molar-refractivity contribution in [2.45, 2.75) is 50.6 Å². The predicted octanol–water partition coefficient (Wildman–Crippen LogP) is 1.28. The fraction of sp³-hybridized carbons (Fsp3) is 0.857. The van der Waals surface area contributed by atoms with Gasteiger partial charge in [0.1, 0.15) is 0 Å². The van der Waals surface area contributed by atoms with Crippen LogP contribution < -0.4 is 5.32 Å². The maximum atomic E-state index is 11.4. The van der Waals surface area contributed by atoms with Gasteiger partial charge in [0, 0.05) is 31.6 Å². The number of fused-ring (bicyclic) bond motifs is 1. The molecule has 3 fully saturated rings. The lowest BCUT2D eigenvalue weighted by Crippen LogP contribution is -2.56. The second-order valence-corrected chi connectivity index (χ2v) is 5.99. The van der Waals surface area contributed by atoms with Crippen LogP contribution in [-0.2, 0) is 4.79 Å². The number of likely N-dealkylation sites (tertiary alicyclic amines) is 1. The summed E-state index contributed by atoms with van der Waals surface area (Å²) < 4.78 is 0. The summed E-state index contributed by atoms with van der Waals surface area (Å²) in [4.78, 5) is 13.9. The van der Waals surface area contributed by atoms with Crippen LogP contribution in [0.1, 0.15) is 38.5 Å². The van der Waals surface area contributed by atoms with E-state index in [1.54, 1.807) is 0 Å². The zero-order valence-corrected chi connectivity index (χ0v) is 10.8. The van der Waals surface area contributed by atoms with E-state index >= 15 is 0 Å². The largest absolute Gasteiger partial charge is 0.353 e. The van der Waals surface area contributed by atoms with E-state index in [1.807, 2.05) is 0 Å². The van der Waals surface area contributed by atoms with Gasteiger partial charge in [-0.25, -0.2) is 0 Å². The molecule has 4 unspecified atom stereocenters. The van der Waals surface area contributed by atoms with Gasteiger partial charge in [0.05, 0.1) is 12.0 Å². The molecule has 4 nitrogen and oxygen atoms in total. The van der Waals surface area contributed by atoms with Gasteiger partial charge in [-0.05, 0) is 31.6 Å². The van der Waals surface area contributed by atoms with E-state index in [9.17, 15) is 10.1 Å². The number of carbonyl (C=O) groups is 1. The van der Waals surface area contributed by atoms with E-state index in [0.717, 1.165) is 32.4 Å². The van der Waals surface area contributed by atoms with Crippen molar-refractivity contribution in [3.05, 3.63) is 0 Å². The normalized spacial score (nSPS) is 40.9. The first-order chi connectivity index (χ1) is 8.78. The van der Waals surface area contributed by atoms with Crippen LogP contribution in [-0.4, -0.2) is 36.0 Å². The Hall–Kier alpha value is -1.08. The van der Waals surface area contributed by atoms with E-state index < -0.39 is 0 Å². The molecule has 4 heteroatoms. The molecule has 18 heavy (non-hydrogen) atoms. The van der Waals surface area contributed by atoms with Crippen molar-refractivity contribution in [1.82, 2.24) is 10.2 Å². The zero-order valence-electron chi connectivity index (χ0n) is 10.8. The Balaban J connectivity index is 1.64. The molecular formula is C14H21N3O. The molecule has 0 bridgehead atoms. The Morgan fingerprint density at radius 1 is 1.28 bits per heavy atom. The van der Waals surface area contributed by atoms with E-state index in [-0.39, 0.29) is 11.8 Å². The van der Waals surface area contributed by atoms with E-state index in [4.69, 9.17) is 0 Å². The number of nitrogens with zero attached hydrogens (tertiary/aromatic N) is 2. The van der Waals surface area contributed by atoms with Crippen LogP contribution >= 0.6 is 0 Å². The lowest BCUT2D eigenvalue weighted by atomic mass is 9.84. The monoisotopic (exact) mass is 247 g/mol. The van der Waals surface area contributed by atoms with Gasteiger partial charge in [-0.1, -0.05) is 6.42 Å². The molecule has 3 rings (SSSR count). The van der Waals surface area contributed by atoms with Crippen LogP contribution in [0.4, 0.5) is 0 Å². The van der Waals surface area contributed by atoms with Gasteiger partial charge in [-0.3, -0.25) is 9.69 Å². The third-order valence-electron chi connectivity index (χ3n) is 4.97. The standard InChI is InChI=1S/C14H21N3O/c15-8-10-2-1-3-13(10)17-7-6-12-11(9-17)4-5-14(18)16-12/h10-13H,1-7,9H2,(H,16,18). The zero-order chi connectivity index (χ0) is 12.5. The van der Waals surface area contributed by atoms with E-state index in [1.165, 1.54) is 12.8 Å². The first-order valence-electron chi connectivity index (χ1n) is 7.21. The van der Waals surface area contributed by atoms with E-state index in [0.29, 0.717) is 24.4 Å². The summed E-state index contributed by atoms with van der Waals surface area (Å²) in [6, 6.07) is 3.35.